The van der Waals surface area contributed by atoms with Crippen LogP contribution in [0.2, 0.25) is 0 Å². The van der Waals surface area contributed by atoms with Crippen molar-refractivity contribution in [3.63, 3.8) is 0 Å². The number of hydrogen-bond acceptors (Lipinski definition) is 7. The second kappa shape index (κ2) is 9.87. The molecule has 6 atom stereocenters. The molecule has 0 spiro atoms. The largest absolute Gasteiger partial charge is 0.462 e. The first-order valence-electron chi connectivity index (χ1n) is 8.98. The number of Topliss-reactive ketones (excluding diaryl/α,β-unsaturated/α-hetero) is 1. The number of ether oxygens (including phenoxy) is 3. The van der Waals surface area contributed by atoms with Crippen molar-refractivity contribution < 1.29 is 33.7 Å². The van der Waals surface area contributed by atoms with Crippen LogP contribution >= 0.6 is 0 Å². The topological polar surface area (TPSA) is 99.1 Å². The number of methoxy groups -OCH3 is 1. The van der Waals surface area contributed by atoms with Gasteiger partial charge in [-0.3, -0.25) is 14.4 Å². The van der Waals surface area contributed by atoms with Gasteiger partial charge in [0, 0.05) is 20.0 Å². The van der Waals surface area contributed by atoms with Crippen molar-refractivity contribution in [2.75, 3.05) is 7.11 Å². The predicted octanol–water partition coefficient (Wildman–Crippen LogP) is 1.39. The SMILES string of the molecule is COC1CCC(CC(=O)CC2CCC(OC=O)C(O)C2)CC1OC=O. The zero-order chi connectivity index (χ0) is 18.2. The molecule has 25 heavy (non-hydrogen) atoms. The summed E-state index contributed by atoms with van der Waals surface area (Å²) in [7, 11) is 1.60. The lowest BCUT2D eigenvalue weighted by Crippen LogP contribution is -2.38. The van der Waals surface area contributed by atoms with E-state index in [2.05, 4.69) is 0 Å². The number of carbonyl (C=O) groups excluding carboxylic acids is 3. The molecule has 2 saturated carbocycles. The second-order valence-electron chi connectivity index (χ2n) is 7.19. The van der Waals surface area contributed by atoms with Crippen molar-refractivity contribution in [2.24, 2.45) is 11.8 Å². The van der Waals surface area contributed by atoms with Crippen molar-refractivity contribution in [1.29, 1.82) is 0 Å². The Morgan fingerprint density at radius 1 is 0.920 bits per heavy atom. The molecule has 0 heterocycles. The molecule has 0 aromatic rings. The summed E-state index contributed by atoms with van der Waals surface area (Å²) in [6, 6.07) is 0. The number of carbonyl (C=O) groups is 3. The molecule has 1 N–H and O–H groups in total. The average molecular weight is 356 g/mol. The van der Waals surface area contributed by atoms with Crippen molar-refractivity contribution in [1.82, 2.24) is 0 Å². The molecule has 0 amide bonds. The highest BCUT2D eigenvalue weighted by Gasteiger charge is 2.34. The van der Waals surface area contributed by atoms with Gasteiger partial charge in [0.25, 0.3) is 12.9 Å². The molecule has 2 aliphatic carbocycles. The lowest BCUT2D eigenvalue weighted by atomic mass is 9.78. The molecule has 2 aliphatic rings. The number of aliphatic hydroxyl groups is 1. The molecule has 0 radical (unpaired) electrons. The molecule has 0 bridgehead atoms. The fourth-order valence-electron chi connectivity index (χ4n) is 4.20. The first-order valence-corrected chi connectivity index (χ1v) is 8.98. The number of rotatable bonds is 9. The van der Waals surface area contributed by atoms with Gasteiger partial charge >= 0.3 is 0 Å². The van der Waals surface area contributed by atoms with Gasteiger partial charge in [-0.25, -0.2) is 0 Å². The maximum absolute atomic E-state index is 12.4. The molecule has 6 unspecified atom stereocenters. The first kappa shape index (κ1) is 19.8. The Morgan fingerprint density at radius 3 is 2.04 bits per heavy atom. The molecule has 2 rings (SSSR count). The maximum Gasteiger partial charge on any atom is 0.293 e. The van der Waals surface area contributed by atoms with Gasteiger partial charge in [0.1, 0.15) is 18.0 Å². The summed E-state index contributed by atoms with van der Waals surface area (Å²) in [6.07, 6.45) is 3.53. The molecular formula is C18H28O7. The third-order valence-corrected chi connectivity index (χ3v) is 5.50. The van der Waals surface area contributed by atoms with E-state index < -0.39 is 12.2 Å². The fourth-order valence-corrected chi connectivity index (χ4v) is 4.20. The Labute approximate surface area is 148 Å². The highest BCUT2D eigenvalue weighted by atomic mass is 16.6. The number of ketones is 1. The van der Waals surface area contributed by atoms with Crippen LogP contribution in [-0.2, 0) is 28.6 Å². The van der Waals surface area contributed by atoms with Crippen molar-refractivity contribution in [3.05, 3.63) is 0 Å². The monoisotopic (exact) mass is 356 g/mol. The molecule has 7 heteroatoms. The smallest absolute Gasteiger partial charge is 0.293 e. The molecule has 0 saturated heterocycles. The Kier molecular flexibility index (Phi) is 7.84. The molecule has 7 nitrogen and oxygen atoms in total. The van der Waals surface area contributed by atoms with E-state index in [1.807, 2.05) is 0 Å². The van der Waals surface area contributed by atoms with Crippen LogP contribution in [0.25, 0.3) is 0 Å². The van der Waals surface area contributed by atoms with E-state index in [9.17, 15) is 19.5 Å². The van der Waals surface area contributed by atoms with Crippen LogP contribution in [-0.4, -0.2) is 55.4 Å². The van der Waals surface area contributed by atoms with Gasteiger partial charge in [0.05, 0.1) is 12.2 Å². The zero-order valence-electron chi connectivity index (χ0n) is 14.7. The summed E-state index contributed by atoms with van der Waals surface area (Å²) in [5, 5.41) is 10.00. The summed E-state index contributed by atoms with van der Waals surface area (Å²) < 4.78 is 15.3. The van der Waals surface area contributed by atoms with Crippen LogP contribution in [0.4, 0.5) is 0 Å². The van der Waals surface area contributed by atoms with Gasteiger partial charge in [0.15, 0.2) is 0 Å². The third kappa shape index (κ3) is 5.78. The van der Waals surface area contributed by atoms with E-state index in [1.54, 1.807) is 7.11 Å². The third-order valence-electron chi connectivity index (χ3n) is 5.50. The molecule has 0 aromatic heterocycles. The molecule has 0 aromatic carbocycles. The second-order valence-corrected chi connectivity index (χ2v) is 7.19. The van der Waals surface area contributed by atoms with Gasteiger partial charge < -0.3 is 19.3 Å². The minimum absolute atomic E-state index is 0.0974. The molecule has 0 aliphatic heterocycles. The summed E-state index contributed by atoms with van der Waals surface area (Å²) in [5.41, 5.74) is 0. The van der Waals surface area contributed by atoms with E-state index in [0.29, 0.717) is 45.0 Å². The van der Waals surface area contributed by atoms with Gasteiger partial charge in [-0.05, 0) is 50.4 Å². The van der Waals surface area contributed by atoms with Gasteiger partial charge in [0.2, 0.25) is 0 Å². The Bertz CT molecular complexity index is 453. The zero-order valence-corrected chi connectivity index (χ0v) is 14.7. The van der Waals surface area contributed by atoms with Gasteiger partial charge in [-0.1, -0.05) is 0 Å². The summed E-state index contributed by atoms with van der Waals surface area (Å²) >= 11 is 0. The first-order chi connectivity index (χ1) is 12.1. The predicted molar refractivity (Wildman–Crippen MR) is 87.6 cm³/mol. The van der Waals surface area contributed by atoms with Gasteiger partial charge in [-0.2, -0.15) is 0 Å². The molecule has 142 valence electrons. The lowest BCUT2D eigenvalue weighted by molar-refractivity contribution is -0.146. The highest BCUT2D eigenvalue weighted by molar-refractivity contribution is 5.78. The summed E-state index contributed by atoms with van der Waals surface area (Å²) in [5.74, 6) is 0.507. The van der Waals surface area contributed by atoms with E-state index in [1.165, 1.54) is 0 Å². The lowest BCUT2D eigenvalue weighted by Gasteiger charge is -2.34. The minimum Gasteiger partial charge on any atom is -0.462 e. The summed E-state index contributed by atoms with van der Waals surface area (Å²) in [4.78, 5) is 33.4. The highest BCUT2D eigenvalue weighted by Crippen LogP contribution is 2.33. The van der Waals surface area contributed by atoms with Gasteiger partial charge in [-0.15, -0.1) is 0 Å². The normalized spacial score (nSPS) is 35.6. The van der Waals surface area contributed by atoms with Crippen LogP contribution in [0.3, 0.4) is 0 Å². The van der Waals surface area contributed by atoms with E-state index in [0.717, 1.165) is 19.3 Å². The van der Waals surface area contributed by atoms with E-state index in [4.69, 9.17) is 14.2 Å². The standard InChI is InChI=1S/C18H28O7/c1-23-17-5-3-13(9-18(17)25-11-20)7-14(21)6-12-2-4-16(24-10-19)15(22)8-12/h10-13,15-18,22H,2-9H2,1H3. The summed E-state index contributed by atoms with van der Waals surface area (Å²) in [6.45, 7) is 0.815. The van der Waals surface area contributed by atoms with Crippen LogP contribution in [0.1, 0.15) is 51.4 Å². The number of hydrogen-bond donors (Lipinski definition) is 1. The van der Waals surface area contributed by atoms with Crippen LogP contribution in [0, 0.1) is 11.8 Å². The van der Waals surface area contributed by atoms with Crippen molar-refractivity contribution in [3.8, 4) is 0 Å². The maximum atomic E-state index is 12.4. The van der Waals surface area contributed by atoms with E-state index >= 15 is 0 Å². The van der Waals surface area contributed by atoms with Crippen LogP contribution < -0.4 is 0 Å². The van der Waals surface area contributed by atoms with E-state index in [-0.39, 0.29) is 29.8 Å². The molecule has 2 fully saturated rings. The Balaban J connectivity index is 1.76. The van der Waals surface area contributed by atoms with Crippen LogP contribution in [0.5, 0.6) is 0 Å². The quantitative estimate of drug-likeness (QED) is 0.623. The van der Waals surface area contributed by atoms with Crippen molar-refractivity contribution >= 4 is 18.7 Å². The molecular weight excluding hydrogens is 328 g/mol. The average Bonchev–Trinajstić information content (AvgIpc) is 2.58. The van der Waals surface area contributed by atoms with Crippen molar-refractivity contribution in [2.45, 2.75) is 75.8 Å². The fraction of sp³-hybridized carbons (Fsp3) is 0.833. The Hall–Kier alpha value is -1.47. The minimum atomic E-state index is -0.695. The van der Waals surface area contributed by atoms with Crippen LogP contribution in [0.15, 0.2) is 0 Å². The Morgan fingerprint density at radius 2 is 1.48 bits per heavy atom. The number of aliphatic hydroxyl groups excluding tert-OH is 1.